The number of amides is 2. The van der Waals surface area contributed by atoms with Crippen molar-refractivity contribution in [1.29, 1.82) is 0 Å². The molecule has 1 saturated heterocycles. The molecule has 2 aromatic rings. The first-order valence-corrected chi connectivity index (χ1v) is 12.0. The summed E-state index contributed by atoms with van der Waals surface area (Å²) in [4.78, 5) is 12.4. The molecule has 4 N–H and O–H groups in total. The number of benzene rings is 2. The van der Waals surface area contributed by atoms with Gasteiger partial charge in [0.15, 0.2) is 0 Å². The maximum absolute atomic E-state index is 13.0. The molecule has 0 aliphatic carbocycles. The maximum Gasteiger partial charge on any atom is 0.319 e. The Morgan fingerprint density at radius 1 is 1.18 bits per heavy atom. The van der Waals surface area contributed by atoms with Crippen LogP contribution in [-0.2, 0) is 14.8 Å². The lowest BCUT2D eigenvalue weighted by atomic mass is 9.97. The van der Waals surface area contributed by atoms with E-state index in [1.165, 1.54) is 19.2 Å². The number of hydrogen-bond donors (Lipinski definition) is 4. The van der Waals surface area contributed by atoms with E-state index in [1.54, 1.807) is 24.3 Å². The molecular formula is C22H28FN3O6S. The van der Waals surface area contributed by atoms with Crippen LogP contribution in [0.2, 0.25) is 0 Å². The molecule has 0 bridgehead atoms. The fraction of sp³-hybridized carbons (Fsp3) is 0.409. The summed E-state index contributed by atoms with van der Waals surface area (Å²) in [6.07, 6.45) is 0.611. The van der Waals surface area contributed by atoms with Gasteiger partial charge in [0.1, 0.15) is 17.7 Å². The molecule has 9 nitrogen and oxygen atoms in total. The van der Waals surface area contributed by atoms with Crippen LogP contribution in [0.4, 0.5) is 14.9 Å². The number of rotatable bonds is 9. The van der Waals surface area contributed by atoms with E-state index in [1.807, 2.05) is 0 Å². The van der Waals surface area contributed by atoms with Gasteiger partial charge in [0.05, 0.1) is 36.4 Å². The van der Waals surface area contributed by atoms with Gasteiger partial charge >= 0.3 is 6.03 Å². The van der Waals surface area contributed by atoms with Crippen LogP contribution in [0.5, 0.6) is 5.75 Å². The van der Waals surface area contributed by atoms with Gasteiger partial charge in [0.2, 0.25) is 10.0 Å². The van der Waals surface area contributed by atoms with E-state index >= 15 is 0 Å². The Labute approximate surface area is 192 Å². The average molecular weight is 482 g/mol. The van der Waals surface area contributed by atoms with Gasteiger partial charge in [-0.25, -0.2) is 22.3 Å². The SMILES string of the molecule is COc1ccccc1NC(=O)N[C@H]1CC[C@@H](CCNS(=O)(=O)c2ccc(F)cc2)O[C@@H]1CO. The van der Waals surface area contributed by atoms with E-state index in [-0.39, 0.29) is 24.2 Å². The van der Waals surface area contributed by atoms with Crippen LogP contribution in [0.3, 0.4) is 0 Å². The molecule has 0 unspecified atom stereocenters. The standard InChI is InChI=1S/C22H28FN3O6S/c1-31-20-5-3-2-4-18(20)25-22(28)26-19-11-8-16(32-21(19)14-27)12-13-24-33(29,30)17-9-6-15(23)7-10-17/h2-7,9-10,16,19,21,24,27H,8,11-14H2,1H3,(H2,25,26,28)/t16-,19-,21+/m0/s1. The zero-order valence-corrected chi connectivity index (χ0v) is 19.0. The number of carbonyl (C=O) groups excluding carboxylic acids is 1. The Bertz CT molecular complexity index is 1030. The Morgan fingerprint density at radius 2 is 1.91 bits per heavy atom. The summed E-state index contributed by atoms with van der Waals surface area (Å²) in [7, 11) is -2.25. The van der Waals surface area contributed by atoms with E-state index < -0.39 is 34.0 Å². The van der Waals surface area contributed by atoms with Crippen molar-refractivity contribution in [1.82, 2.24) is 10.0 Å². The lowest BCUT2D eigenvalue weighted by molar-refractivity contribution is -0.0884. The van der Waals surface area contributed by atoms with Crippen molar-refractivity contribution in [3.05, 3.63) is 54.3 Å². The highest BCUT2D eigenvalue weighted by Crippen LogP contribution is 2.24. The highest BCUT2D eigenvalue weighted by Gasteiger charge is 2.32. The third-order valence-corrected chi connectivity index (χ3v) is 6.83. The largest absolute Gasteiger partial charge is 0.495 e. The van der Waals surface area contributed by atoms with Crippen LogP contribution in [0.15, 0.2) is 53.4 Å². The molecule has 1 fully saturated rings. The number of halogens is 1. The number of nitrogens with one attached hydrogen (secondary N) is 3. The van der Waals surface area contributed by atoms with Crippen LogP contribution in [0.1, 0.15) is 19.3 Å². The summed E-state index contributed by atoms with van der Waals surface area (Å²) in [6, 6.07) is 10.7. The van der Waals surface area contributed by atoms with Crippen LogP contribution < -0.4 is 20.1 Å². The number of aliphatic hydroxyl groups excluding tert-OH is 1. The number of para-hydroxylation sites is 2. The van der Waals surface area contributed by atoms with E-state index in [2.05, 4.69) is 15.4 Å². The topological polar surface area (TPSA) is 126 Å². The molecular weight excluding hydrogens is 453 g/mol. The lowest BCUT2D eigenvalue weighted by Gasteiger charge is -2.36. The second-order valence-corrected chi connectivity index (χ2v) is 9.37. The van der Waals surface area contributed by atoms with Gasteiger partial charge in [-0.05, 0) is 55.7 Å². The van der Waals surface area contributed by atoms with Crippen molar-refractivity contribution in [3.63, 3.8) is 0 Å². The Balaban J connectivity index is 1.48. The van der Waals surface area contributed by atoms with Gasteiger partial charge in [0, 0.05) is 6.54 Å². The minimum Gasteiger partial charge on any atom is -0.495 e. The number of urea groups is 1. The fourth-order valence-electron chi connectivity index (χ4n) is 3.64. The summed E-state index contributed by atoms with van der Waals surface area (Å²) >= 11 is 0. The van der Waals surface area contributed by atoms with Crippen molar-refractivity contribution in [2.45, 2.75) is 42.4 Å². The number of sulfonamides is 1. The van der Waals surface area contributed by atoms with E-state index in [0.717, 1.165) is 12.1 Å². The molecule has 3 rings (SSSR count). The van der Waals surface area contributed by atoms with Gasteiger partial charge in [-0.2, -0.15) is 0 Å². The predicted octanol–water partition coefficient (Wildman–Crippen LogP) is 2.23. The number of hydrogen-bond acceptors (Lipinski definition) is 6. The number of carbonyl (C=O) groups is 1. The third kappa shape index (κ3) is 6.87. The monoisotopic (exact) mass is 481 g/mol. The van der Waals surface area contributed by atoms with Crippen molar-refractivity contribution in [2.24, 2.45) is 0 Å². The molecule has 0 saturated carbocycles. The molecule has 0 aromatic heterocycles. The molecule has 2 aromatic carbocycles. The van der Waals surface area contributed by atoms with Crippen molar-refractivity contribution in [2.75, 3.05) is 25.6 Å². The quantitative estimate of drug-likeness (QED) is 0.435. The smallest absolute Gasteiger partial charge is 0.319 e. The molecule has 33 heavy (non-hydrogen) atoms. The Morgan fingerprint density at radius 3 is 2.61 bits per heavy atom. The van der Waals surface area contributed by atoms with Gasteiger partial charge in [0.25, 0.3) is 0 Å². The third-order valence-electron chi connectivity index (χ3n) is 5.35. The zero-order valence-electron chi connectivity index (χ0n) is 18.2. The van der Waals surface area contributed by atoms with Crippen LogP contribution >= 0.6 is 0 Å². The highest BCUT2D eigenvalue weighted by molar-refractivity contribution is 7.89. The summed E-state index contributed by atoms with van der Waals surface area (Å²) in [6.45, 7) is -0.174. The van der Waals surface area contributed by atoms with E-state index in [9.17, 15) is 22.7 Å². The van der Waals surface area contributed by atoms with E-state index in [0.29, 0.717) is 30.7 Å². The second-order valence-electron chi connectivity index (χ2n) is 7.60. The molecule has 1 heterocycles. The average Bonchev–Trinajstić information content (AvgIpc) is 2.80. The number of methoxy groups -OCH3 is 1. The maximum atomic E-state index is 13.0. The van der Waals surface area contributed by atoms with Crippen molar-refractivity contribution >= 4 is 21.7 Å². The molecule has 11 heteroatoms. The van der Waals surface area contributed by atoms with E-state index in [4.69, 9.17) is 9.47 Å². The minimum atomic E-state index is -3.76. The molecule has 0 radical (unpaired) electrons. The first-order chi connectivity index (χ1) is 15.8. The molecule has 2 amide bonds. The lowest BCUT2D eigenvalue weighted by Crippen LogP contribution is -2.52. The number of ether oxygens (including phenoxy) is 2. The summed E-state index contributed by atoms with van der Waals surface area (Å²) in [5, 5.41) is 15.3. The van der Waals surface area contributed by atoms with Crippen molar-refractivity contribution in [3.8, 4) is 5.75 Å². The van der Waals surface area contributed by atoms with Gasteiger partial charge in [-0.15, -0.1) is 0 Å². The van der Waals surface area contributed by atoms with Crippen molar-refractivity contribution < 1.29 is 32.2 Å². The van der Waals surface area contributed by atoms with Gasteiger partial charge in [-0.3, -0.25) is 0 Å². The molecule has 3 atom stereocenters. The number of anilines is 1. The molecule has 1 aliphatic rings. The van der Waals surface area contributed by atoms with Gasteiger partial charge in [-0.1, -0.05) is 12.1 Å². The number of aliphatic hydroxyl groups is 1. The summed E-state index contributed by atoms with van der Waals surface area (Å²) in [5.41, 5.74) is 0.515. The zero-order chi connectivity index (χ0) is 23.8. The predicted molar refractivity (Wildman–Crippen MR) is 120 cm³/mol. The molecule has 180 valence electrons. The molecule has 1 aliphatic heterocycles. The minimum absolute atomic E-state index is 0.0213. The Kier molecular flexibility index (Phi) is 8.61. The normalized spacial score (nSPS) is 20.8. The first kappa shape index (κ1) is 24.9. The highest BCUT2D eigenvalue weighted by atomic mass is 32.2. The summed E-state index contributed by atoms with van der Waals surface area (Å²) < 4.78 is 51.2. The molecule has 0 spiro atoms. The van der Waals surface area contributed by atoms with Gasteiger partial charge < -0.3 is 25.2 Å². The second kappa shape index (κ2) is 11.4. The Hall–Kier alpha value is -2.73. The van der Waals surface area contributed by atoms with Crippen LogP contribution in [-0.4, -0.2) is 58.1 Å². The van der Waals surface area contributed by atoms with Crippen LogP contribution in [0, 0.1) is 5.82 Å². The van der Waals surface area contributed by atoms with Crippen LogP contribution in [0.25, 0.3) is 0 Å². The fourth-order valence-corrected chi connectivity index (χ4v) is 4.68. The first-order valence-electron chi connectivity index (χ1n) is 10.5. The summed E-state index contributed by atoms with van der Waals surface area (Å²) in [5.74, 6) is 0.00811.